The molecular formula is C16H25N3O. The highest BCUT2D eigenvalue weighted by molar-refractivity contribution is 5.94. The summed E-state index contributed by atoms with van der Waals surface area (Å²) in [6.45, 7) is 2.48. The van der Waals surface area contributed by atoms with Crippen LogP contribution in [0.15, 0.2) is 18.3 Å². The Kier molecular flexibility index (Phi) is 5.53. The van der Waals surface area contributed by atoms with E-state index >= 15 is 0 Å². The second kappa shape index (κ2) is 7.39. The molecule has 0 radical (unpaired) electrons. The number of aromatic nitrogens is 1. The van der Waals surface area contributed by atoms with Gasteiger partial charge in [-0.05, 0) is 37.8 Å². The molecule has 1 atom stereocenters. The highest BCUT2D eigenvalue weighted by Crippen LogP contribution is 2.25. The normalized spacial score (nSPS) is 18.3. The van der Waals surface area contributed by atoms with Gasteiger partial charge in [0.15, 0.2) is 0 Å². The van der Waals surface area contributed by atoms with Crippen molar-refractivity contribution in [3.05, 3.63) is 29.6 Å². The predicted molar refractivity (Wildman–Crippen MR) is 80.2 cm³/mol. The molecule has 1 heterocycles. The average molecular weight is 275 g/mol. The van der Waals surface area contributed by atoms with Gasteiger partial charge in [0, 0.05) is 24.3 Å². The SMILES string of the molecule is C[C@@H](NC(=O)c1ccnc(CN)c1)C1CCCCCC1. The molecule has 1 fully saturated rings. The molecule has 1 aliphatic rings. The molecule has 1 aliphatic carbocycles. The number of nitrogens with two attached hydrogens (primary N) is 1. The van der Waals surface area contributed by atoms with Crippen molar-refractivity contribution in [2.75, 3.05) is 0 Å². The molecular weight excluding hydrogens is 250 g/mol. The fourth-order valence-electron chi connectivity index (χ4n) is 2.95. The zero-order valence-corrected chi connectivity index (χ0v) is 12.3. The number of carbonyl (C=O) groups is 1. The third-order valence-electron chi connectivity index (χ3n) is 4.25. The van der Waals surface area contributed by atoms with E-state index in [1.54, 1.807) is 18.3 Å². The van der Waals surface area contributed by atoms with Crippen molar-refractivity contribution in [2.45, 2.75) is 58.0 Å². The van der Waals surface area contributed by atoms with Crippen molar-refractivity contribution in [3.8, 4) is 0 Å². The Balaban J connectivity index is 1.95. The molecule has 1 amide bonds. The van der Waals surface area contributed by atoms with Crippen LogP contribution in [-0.4, -0.2) is 16.9 Å². The third kappa shape index (κ3) is 4.04. The summed E-state index contributed by atoms with van der Waals surface area (Å²) >= 11 is 0. The fourth-order valence-corrected chi connectivity index (χ4v) is 2.95. The molecule has 0 unspecified atom stereocenters. The molecule has 0 spiro atoms. The monoisotopic (exact) mass is 275 g/mol. The maximum Gasteiger partial charge on any atom is 0.251 e. The smallest absolute Gasteiger partial charge is 0.251 e. The molecule has 1 aromatic rings. The Bertz CT molecular complexity index is 439. The molecule has 0 saturated heterocycles. The van der Waals surface area contributed by atoms with Crippen LogP contribution in [0.25, 0.3) is 0 Å². The summed E-state index contributed by atoms with van der Waals surface area (Å²) in [7, 11) is 0. The first-order valence-corrected chi connectivity index (χ1v) is 7.66. The summed E-state index contributed by atoms with van der Waals surface area (Å²) < 4.78 is 0. The summed E-state index contributed by atoms with van der Waals surface area (Å²) in [6.07, 6.45) is 9.35. The van der Waals surface area contributed by atoms with E-state index in [2.05, 4.69) is 17.2 Å². The first-order chi connectivity index (χ1) is 9.70. The van der Waals surface area contributed by atoms with Crippen molar-refractivity contribution in [3.63, 3.8) is 0 Å². The van der Waals surface area contributed by atoms with Crippen molar-refractivity contribution < 1.29 is 4.79 Å². The Morgan fingerprint density at radius 2 is 2.10 bits per heavy atom. The second-order valence-corrected chi connectivity index (χ2v) is 5.75. The summed E-state index contributed by atoms with van der Waals surface area (Å²) in [5, 5.41) is 3.14. The third-order valence-corrected chi connectivity index (χ3v) is 4.25. The molecule has 0 aliphatic heterocycles. The molecule has 110 valence electrons. The van der Waals surface area contributed by atoms with E-state index in [0.29, 0.717) is 18.0 Å². The van der Waals surface area contributed by atoms with Crippen LogP contribution in [0, 0.1) is 5.92 Å². The number of pyridine rings is 1. The van der Waals surface area contributed by atoms with E-state index in [1.165, 1.54) is 38.5 Å². The van der Waals surface area contributed by atoms with Gasteiger partial charge in [-0.25, -0.2) is 0 Å². The molecule has 3 N–H and O–H groups in total. The lowest BCUT2D eigenvalue weighted by Crippen LogP contribution is -2.38. The van der Waals surface area contributed by atoms with Gasteiger partial charge in [-0.2, -0.15) is 0 Å². The highest BCUT2D eigenvalue weighted by atomic mass is 16.1. The van der Waals surface area contributed by atoms with Gasteiger partial charge in [-0.15, -0.1) is 0 Å². The van der Waals surface area contributed by atoms with Crippen LogP contribution in [0.1, 0.15) is 61.5 Å². The minimum atomic E-state index is -0.0150. The predicted octanol–water partition coefficient (Wildman–Crippen LogP) is 2.63. The Labute approximate surface area is 121 Å². The van der Waals surface area contributed by atoms with Gasteiger partial charge in [-0.3, -0.25) is 9.78 Å². The summed E-state index contributed by atoms with van der Waals surface area (Å²) in [6, 6.07) is 3.75. The molecule has 0 aromatic carbocycles. The van der Waals surface area contributed by atoms with Gasteiger partial charge < -0.3 is 11.1 Å². The molecule has 4 heteroatoms. The second-order valence-electron chi connectivity index (χ2n) is 5.75. The summed E-state index contributed by atoms with van der Waals surface area (Å²) in [5.74, 6) is 0.594. The van der Waals surface area contributed by atoms with Crippen LogP contribution in [-0.2, 0) is 6.54 Å². The standard InChI is InChI=1S/C16H25N3O/c1-12(13-6-4-2-3-5-7-13)19-16(20)14-8-9-18-15(10-14)11-17/h8-10,12-13H,2-7,11,17H2,1H3,(H,19,20)/t12-/m1/s1. The van der Waals surface area contributed by atoms with Crippen molar-refractivity contribution in [1.29, 1.82) is 0 Å². The van der Waals surface area contributed by atoms with E-state index in [0.717, 1.165) is 5.69 Å². The Morgan fingerprint density at radius 3 is 2.75 bits per heavy atom. The minimum Gasteiger partial charge on any atom is -0.349 e. The lowest BCUT2D eigenvalue weighted by atomic mass is 9.93. The molecule has 1 aromatic heterocycles. The quantitative estimate of drug-likeness (QED) is 0.830. The van der Waals surface area contributed by atoms with Gasteiger partial charge in [0.1, 0.15) is 0 Å². The van der Waals surface area contributed by atoms with Crippen LogP contribution >= 0.6 is 0 Å². The van der Waals surface area contributed by atoms with Crippen LogP contribution < -0.4 is 11.1 Å². The van der Waals surface area contributed by atoms with Crippen LogP contribution in [0.3, 0.4) is 0 Å². The zero-order chi connectivity index (χ0) is 14.4. The average Bonchev–Trinajstić information content (AvgIpc) is 2.76. The maximum absolute atomic E-state index is 12.3. The van der Waals surface area contributed by atoms with Gasteiger partial charge >= 0.3 is 0 Å². The molecule has 4 nitrogen and oxygen atoms in total. The molecule has 0 bridgehead atoms. The number of carbonyl (C=O) groups excluding carboxylic acids is 1. The first-order valence-electron chi connectivity index (χ1n) is 7.66. The zero-order valence-electron chi connectivity index (χ0n) is 12.3. The largest absolute Gasteiger partial charge is 0.349 e. The lowest BCUT2D eigenvalue weighted by Gasteiger charge is -2.23. The highest BCUT2D eigenvalue weighted by Gasteiger charge is 2.21. The van der Waals surface area contributed by atoms with Gasteiger partial charge in [0.25, 0.3) is 5.91 Å². The molecule has 20 heavy (non-hydrogen) atoms. The van der Waals surface area contributed by atoms with Crippen molar-refractivity contribution in [1.82, 2.24) is 10.3 Å². The Morgan fingerprint density at radius 1 is 1.40 bits per heavy atom. The van der Waals surface area contributed by atoms with Crippen LogP contribution in [0.4, 0.5) is 0 Å². The van der Waals surface area contributed by atoms with E-state index < -0.39 is 0 Å². The van der Waals surface area contributed by atoms with Gasteiger partial charge in [0.05, 0.1) is 5.69 Å². The maximum atomic E-state index is 12.3. The number of hydrogen-bond acceptors (Lipinski definition) is 3. The number of hydrogen-bond donors (Lipinski definition) is 2. The number of nitrogens with zero attached hydrogens (tertiary/aromatic N) is 1. The van der Waals surface area contributed by atoms with Gasteiger partial charge in [0.2, 0.25) is 0 Å². The number of amides is 1. The van der Waals surface area contributed by atoms with Crippen molar-refractivity contribution in [2.24, 2.45) is 11.7 Å². The van der Waals surface area contributed by atoms with E-state index in [1.807, 2.05) is 0 Å². The number of nitrogens with one attached hydrogen (secondary N) is 1. The van der Waals surface area contributed by atoms with E-state index in [4.69, 9.17) is 5.73 Å². The van der Waals surface area contributed by atoms with E-state index in [-0.39, 0.29) is 11.9 Å². The first kappa shape index (κ1) is 15.0. The van der Waals surface area contributed by atoms with Crippen LogP contribution in [0.2, 0.25) is 0 Å². The number of rotatable bonds is 4. The molecule has 2 rings (SSSR count). The Hall–Kier alpha value is -1.42. The van der Waals surface area contributed by atoms with E-state index in [9.17, 15) is 4.79 Å². The lowest BCUT2D eigenvalue weighted by molar-refractivity contribution is 0.0923. The summed E-state index contributed by atoms with van der Waals surface area (Å²) in [5.41, 5.74) is 6.96. The fraction of sp³-hybridized carbons (Fsp3) is 0.625. The van der Waals surface area contributed by atoms with Crippen molar-refractivity contribution >= 4 is 5.91 Å². The summed E-state index contributed by atoms with van der Waals surface area (Å²) in [4.78, 5) is 16.4. The topological polar surface area (TPSA) is 68.0 Å². The minimum absolute atomic E-state index is 0.0150. The van der Waals surface area contributed by atoms with Gasteiger partial charge in [-0.1, -0.05) is 25.7 Å². The molecule has 1 saturated carbocycles. The van der Waals surface area contributed by atoms with Crippen LogP contribution in [0.5, 0.6) is 0 Å².